The number of benzene rings is 1. The van der Waals surface area contributed by atoms with Gasteiger partial charge in [-0.15, -0.1) is 0 Å². The summed E-state index contributed by atoms with van der Waals surface area (Å²) in [6.45, 7) is 1.07. The number of halogens is 4. The normalized spacial score (nSPS) is 14.0. The van der Waals surface area contributed by atoms with E-state index in [0.29, 0.717) is 6.07 Å². The molecule has 0 aliphatic rings. The minimum atomic E-state index is -4.49. The zero-order chi connectivity index (χ0) is 11.6. The van der Waals surface area contributed by atoms with Crippen LogP contribution in [0.4, 0.5) is 17.6 Å². The summed E-state index contributed by atoms with van der Waals surface area (Å²) in [7, 11) is 0. The van der Waals surface area contributed by atoms with Crippen molar-refractivity contribution in [3.8, 4) is 0 Å². The summed E-state index contributed by atoms with van der Waals surface area (Å²) in [5.41, 5.74) is -1.02. The molecule has 0 bridgehead atoms. The smallest absolute Gasteiger partial charge is 0.396 e. The van der Waals surface area contributed by atoms with Crippen molar-refractivity contribution in [1.29, 1.82) is 0 Å². The molecule has 0 amide bonds. The number of aliphatic hydroxyl groups excluding tert-OH is 1. The molecule has 0 heterocycles. The van der Waals surface area contributed by atoms with Crippen molar-refractivity contribution in [2.75, 3.05) is 6.61 Å². The van der Waals surface area contributed by atoms with Crippen LogP contribution in [-0.2, 0) is 6.18 Å². The Kier molecular flexibility index (Phi) is 3.34. The van der Waals surface area contributed by atoms with Gasteiger partial charge in [0.1, 0.15) is 5.82 Å². The van der Waals surface area contributed by atoms with Crippen LogP contribution in [0, 0.1) is 5.82 Å². The zero-order valence-corrected chi connectivity index (χ0v) is 7.98. The molecule has 0 aliphatic carbocycles. The molecule has 84 valence electrons. The van der Waals surface area contributed by atoms with Crippen LogP contribution in [0.3, 0.4) is 0 Å². The Morgan fingerprint density at radius 1 is 1.33 bits per heavy atom. The fourth-order valence-electron chi connectivity index (χ4n) is 1.20. The summed E-state index contributed by atoms with van der Waals surface area (Å²) in [6.07, 6.45) is -4.49. The van der Waals surface area contributed by atoms with E-state index < -0.39 is 30.1 Å². The largest absolute Gasteiger partial charge is 0.416 e. The van der Waals surface area contributed by atoms with Gasteiger partial charge in [-0.25, -0.2) is 4.39 Å². The molecule has 0 aliphatic heterocycles. The van der Waals surface area contributed by atoms with Crippen molar-refractivity contribution in [1.82, 2.24) is 0 Å². The lowest BCUT2D eigenvalue weighted by Crippen LogP contribution is -2.09. The molecular weight excluding hydrogens is 212 g/mol. The molecular formula is C10H10F4O. The van der Waals surface area contributed by atoms with Crippen molar-refractivity contribution in [2.24, 2.45) is 0 Å². The van der Waals surface area contributed by atoms with E-state index in [4.69, 9.17) is 5.11 Å². The lowest BCUT2D eigenvalue weighted by molar-refractivity contribution is -0.137. The van der Waals surface area contributed by atoms with Crippen LogP contribution >= 0.6 is 0 Å². The molecule has 0 saturated carbocycles. The lowest BCUT2D eigenvalue weighted by Gasteiger charge is -2.13. The van der Waals surface area contributed by atoms with Crippen molar-refractivity contribution in [2.45, 2.75) is 19.0 Å². The summed E-state index contributed by atoms with van der Waals surface area (Å²) in [5, 5.41) is 8.76. The highest BCUT2D eigenvalue weighted by Gasteiger charge is 2.31. The van der Waals surface area contributed by atoms with E-state index >= 15 is 0 Å². The SMILES string of the molecule is CC(CO)c1cc(C(F)(F)F)ccc1F. The molecule has 5 heteroatoms. The molecule has 1 nitrogen and oxygen atoms in total. The van der Waals surface area contributed by atoms with Gasteiger partial charge < -0.3 is 5.11 Å². The van der Waals surface area contributed by atoms with Crippen LogP contribution in [0.1, 0.15) is 24.0 Å². The topological polar surface area (TPSA) is 20.2 Å². The first-order chi connectivity index (χ1) is 6.86. The molecule has 15 heavy (non-hydrogen) atoms. The van der Waals surface area contributed by atoms with Gasteiger partial charge in [-0.05, 0) is 23.8 Å². The highest BCUT2D eigenvalue weighted by Crippen LogP contribution is 2.32. The molecule has 0 saturated heterocycles. The van der Waals surface area contributed by atoms with E-state index in [2.05, 4.69) is 0 Å². The Balaban J connectivity index is 3.17. The number of aliphatic hydroxyl groups is 1. The lowest BCUT2D eigenvalue weighted by atomic mass is 9.99. The maximum absolute atomic E-state index is 13.1. The number of rotatable bonds is 2. The highest BCUT2D eigenvalue weighted by atomic mass is 19.4. The zero-order valence-electron chi connectivity index (χ0n) is 7.98. The molecule has 1 aromatic rings. The van der Waals surface area contributed by atoms with Gasteiger partial charge in [0.25, 0.3) is 0 Å². The predicted octanol–water partition coefficient (Wildman–Crippen LogP) is 2.94. The van der Waals surface area contributed by atoms with Gasteiger partial charge in [0, 0.05) is 12.5 Å². The second kappa shape index (κ2) is 4.18. The Labute approximate surface area is 84.3 Å². The number of hydrogen-bond donors (Lipinski definition) is 1. The summed E-state index contributed by atoms with van der Waals surface area (Å²) in [6, 6.07) is 2.18. The van der Waals surface area contributed by atoms with Gasteiger partial charge in [0.05, 0.1) is 5.56 Å². The third kappa shape index (κ3) is 2.68. The van der Waals surface area contributed by atoms with Crippen LogP contribution in [0.5, 0.6) is 0 Å². The fourth-order valence-corrected chi connectivity index (χ4v) is 1.20. The van der Waals surface area contributed by atoms with Gasteiger partial charge in [-0.1, -0.05) is 6.92 Å². The maximum atomic E-state index is 13.1. The Morgan fingerprint density at radius 3 is 2.40 bits per heavy atom. The quantitative estimate of drug-likeness (QED) is 0.763. The molecule has 1 rings (SSSR count). The van der Waals surface area contributed by atoms with Crippen LogP contribution in [0.2, 0.25) is 0 Å². The van der Waals surface area contributed by atoms with Gasteiger partial charge in [-0.3, -0.25) is 0 Å². The van der Waals surface area contributed by atoms with E-state index in [1.165, 1.54) is 6.92 Å². The summed E-state index contributed by atoms with van der Waals surface area (Å²) in [4.78, 5) is 0. The van der Waals surface area contributed by atoms with E-state index in [-0.39, 0.29) is 5.56 Å². The maximum Gasteiger partial charge on any atom is 0.416 e. The second-order valence-electron chi connectivity index (χ2n) is 3.32. The first-order valence-electron chi connectivity index (χ1n) is 4.33. The highest BCUT2D eigenvalue weighted by molar-refractivity contribution is 5.29. The molecule has 1 unspecified atom stereocenters. The first-order valence-corrected chi connectivity index (χ1v) is 4.33. The Bertz CT molecular complexity index is 346. The van der Waals surface area contributed by atoms with Crippen LogP contribution in [-0.4, -0.2) is 11.7 Å². The minimum Gasteiger partial charge on any atom is -0.396 e. The average molecular weight is 222 g/mol. The van der Waals surface area contributed by atoms with E-state index in [1.54, 1.807) is 0 Å². The van der Waals surface area contributed by atoms with E-state index in [9.17, 15) is 17.6 Å². The summed E-state index contributed by atoms with van der Waals surface area (Å²) < 4.78 is 50.0. The third-order valence-electron chi connectivity index (χ3n) is 2.13. The Morgan fingerprint density at radius 2 is 1.93 bits per heavy atom. The molecule has 0 fully saturated rings. The second-order valence-corrected chi connectivity index (χ2v) is 3.32. The van der Waals surface area contributed by atoms with Crippen LogP contribution in [0.25, 0.3) is 0 Å². The summed E-state index contributed by atoms with van der Waals surface area (Å²) in [5.74, 6) is -1.38. The van der Waals surface area contributed by atoms with Crippen molar-refractivity contribution >= 4 is 0 Å². The van der Waals surface area contributed by atoms with Gasteiger partial charge >= 0.3 is 6.18 Å². The molecule has 1 N–H and O–H groups in total. The molecule has 0 radical (unpaired) electrons. The summed E-state index contributed by atoms with van der Waals surface area (Å²) >= 11 is 0. The predicted molar refractivity (Wildman–Crippen MR) is 46.9 cm³/mol. The van der Waals surface area contributed by atoms with E-state index in [1.807, 2.05) is 0 Å². The average Bonchev–Trinajstić information content (AvgIpc) is 2.15. The van der Waals surface area contributed by atoms with Crippen molar-refractivity contribution in [3.05, 3.63) is 35.1 Å². The van der Waals surface area contributed by atoms with Gasteiger partial charge in [-0.2, -0.15) is 13.2 Å². The standard InChI is InChI=1S/C10H10F4O/c1-6(5-15)8-4-7(10(12,13)14)2-3-9(8)11/h2-4,6,15H,5H2,1H3. The van der Waals surface area contributed by atoms with Crippen molar-refractivity contribution in [3.63, 3.8) is 0 Å². The molecule has 0 aromatic heterocycles. The fraction of sp³-hybridized carbons (Fsp3) is 0.400. The third-order valence-corrected chi connectivity index (χ3v) is 2.13. The van der Waals surface area contributed by atoms with Crippen LogP contribution in [0.15, 0.2) is 18.2 Å². The monoisotopic (exact) mass is 222 g/mol. The molecule has 1 atom stereocenters. The van der Waals surface area contributed by atoms with Crippen LogP contribution < -0.4 is 0 Å². The minimum absolute atomic E-state index is 0.118. The van der Waals surface area contributed by atoms with Gasteiger partial charge in [0.15, 0.2) is 0 Å². The number of alkyl halides is 3. The first kappa shape index (κ1) is 12.0. The Hall–Kier alpha value is -1.10. The van der Waals surface area contributed by atoms with E-state index in [0.717, 1.165) is 12.1 Å². The molecule has 1 aromatic carbocycles. The van der Waals surface area contributed by atoms with Gasteiger partial charge in [0.2, 0.25) is 0 Å². The van der Waals surface area contributed by atoms with Crippen molar-refractivity contribution < 1.29 is 22.7 Å². The number of hydrogen-bond acceptors (Lipinski definition) is 1. The molecule has 0 spiro atoms.